The molecule has 6 heteroatoms. The fourth-order valence-electron chi connectivity index (χ4n) is 2.80. The molecule has 0 bridgehead atoms. The molecule has 0 amide bonds. The molecule has 1 aromatic heterocycles. The average Bonchev–Trinajstić information content (AvgIpc) is 2.99. The Labute approximate surface area is 145 Å². The zero-order chi connectivity index (χ0) is 14.4. The van der Waals surface area contributed by atoms with Gasteiger partial charge in [-0.3, -0.25) is 4.99 Å². The van der Waals surface area contributed by atoms with Gasteiger partial charge in [-0.2, -0.15) is 0 Å². The van der Waals surface area contributed by atoms with Gasteiger partial charge in [0.05, 0.1) is 12.4 Å². The molecule has 0 aliphatic carbocycles. The van der Waals surface area contributed by atoms with E-state index in [-0.39, 0.29) is 24.0 Å². The summed E-state index contributed by atoms with van der Waals surface area (Å²) in [6.45, 7) is 7.63. The third-order valence-electron chi connectivity index (χ3n) is 4.15. The molecule has 2 rings (SSSR count). The van der Waals surface area contributed by atoms with Gasteiger partial charge in [-0.15, -0.1) is 24.0 Å². The fourth-order valence-corrected chi connectivity index (χ4v) is 2.80. The number of unbranched alkanes of at least 4 members (excludes halogenated alkanes) is 1. The van der Waals surface area contributed by atoms with Gasteiger partial charge in [0.2, 0.25) is 0 Å². The van der Waals surface area contributed by atoms with Gasteiger partial charge < -0.3 is 14.8 Å². The SMILES string of the molecule is CCCCNC(=NC)N1CCC(C)C(n2ccnc2)C1.I. The van der Waals surface area contributed by atoms with Crippen LogP contribution in [0, 0.1) is 5.92 Å². The second-order valence-electron chi connectivity index (χ2n) is 5.62. The predicted molar refractivity (Wildman–Crippen MR) is 98.3 cm³/mol. The van der Waals surface area contributed by atoms with Crippen LogP contribution in [0.1, 0.15) is 39.2 Å². The van der Waals surface area contributed by atoms with Crippen molar-refractivity contribution in [2.24, 2.45) is 10.9 Å². The van der Waals surface area contributed by atoms with Crippen LogP contribution in [0.25, 0.3) is 0 Å². The molecule has 1 N–H and O–H groups in total. The summed E-state index contributed by atoms with van der Waals surface area (Å²) in [5.74, 6) is 1.71. The molecule has 1 fully saturated rings. The number of rotatable bonds is 4. The van der Waals surface area contributed by atoms with E-state index < -0.39 is 0 Å². The summed E-state index contributed by atoms with van der Waals surface area (Å²) >= 11 is 0. The summed E-state index contributed by atoms with van der Waals surface area (Å²) in [5.41, 5.74) is 0. The molecule has 1 aromatic rings. The summed E-state index contributed by atoms with van der Waals surface area (Å²) in [5, 5.41) is 3.47. The van der Waals surface area contributed by atoms with Crippen LogP contribution in [0.2, 0.25) is 0 Å². The van der Waals surface area contributed by atoms with Crippen LogP contribution in [0.5, 0.6) is 0 Å². The number of guanidine groups is 1. The fraction of sp³-hybridized carbons (Fsp3) is 0.733. The third kappa shape index (κ3) is 4.86. The standard InChI is InChI=1S/C15H27N5.HI/c1-4-5-7-18-15(16-3)19-9-6-13(2)14(11-19)20-10-8-17-12-20;/h8,10,12-14H,4-7,9,11H2,1-3H3,(H,16,18);1H. The van der Waals surface area contributed by atoms with Crippen molar-refractivity contribution in [2.75, 3.05) is 26.7 Å². The van der Waals surface area contributed by atoms with Crippen LogP contribution in [0.3, 0.4) is 0 Å². The van der Waals surface area contributed by atoms with E-state index in [0.29, 0.717) is 12.0 Å². The highest BCUT2D eigenvalue weighted by molar-refractivity contribution is 14.0. The first-order chi connectivity index (χ1) is 9.76. The number of halogens is 1. The highest BCUT2D eigenvalue weighted by atomic mass is 127. The molecule has 1 saturated heterocycles. The topological polar surface area (TPSA) is 45.5 Å². The smallest absolute Gasteiger partial charge is 0.193 e. The molecule has 2 atom stereocenters. The number of piperidine rings is 1. The Bertz CT molecular complexity index is 418. The Morgan fingerprint density at radius 1 is 1.48 bits per heavy atom. The molecule has 0 aromatic carbocycles. The van der Waals surface area contributed by atoms with Crippen molar-refractivity contribution in [2.45, 2.75) is 39.2 Å². The Kier molecular flexibility index (Phi) is 8.06. The zero-order valence-electron chi connectivity index (χ0n) is 13.3. The lowest BCUT2D eigenvalue weighted by Crippen LogP contribution is -2.49. The molecule has 0 spiro atoms. The largest absolute Gasteiger partial charge is 0.356 e. The van der Waals surface area contributed by atoms with E-state index in [1.54, 1.807) is 0 Å². The van der Waals surface area contributed by atoms with E-state index in [0.717, 1.165) is 25.6 Å². The van der Waals surface area contributed by atoms with Crippen molar-refractivity contribution < 1.29 is 0 Å². The van der Waals surface area contributed by atoms with Crippen molar-refractivity contribution in [3.63, 3.8) is 0 Å². The van der Waals surface area contributed by atoms with Crippen LogP contribution in [-0.4, -0.2) is 47.1 Å². The van der Waals surface area contributed by atoms with Crippen molar-refractivity contribution in [1.29, 1.82) is 0 Å². The predicted octanol–water partition coefficient (Wildman–Crippen LogP) is 2.76. The lowest BCUT2D eigenvalue weighted by Gasteiger charge is -2.39. The Hall–Kier alpha value is -0.790. The first-order valence-electron chi connectivity index (χ1n) is 7.69. The van der Waals surface area contributed by atoms with E-state index in [1.807, 2.05) is 19.6 Å². The summed E-state index contributed by atoms with van der Waals surface area (Å²) < 4.78 is 2.23. The molecule has 21 heavy (non-hydrogen) atoms. The van der Waals surface area contributed by atoms with E-state index in [1.165, 1.54) is 19.3 Å². The first-order valence-corrected chi connectivity index (χ1v) is 7.69. The monoisotopic (exact) mass is 405 g/mol. The van der Waals surface area contributed by atoms with Crippen LogP contribution in [0.4, 0.5) is 0 Å². The molecule has 1 aliphatic rings. The number of hydrogen-bond donors (Lipinski definition) is 1. The van der Waals surface area contributed by atoms with Gasteiger partial charge in [-0.05, 0) is 18.8 Å². The van der Waals surface area contributed by atoms with Gasteiger partial charge in [0.1, 0.15) is 0 Å². The number of aromatic nitrogens is 2. The average molecular weight is 405 g/mol. The lowest BCUT2D eigenvalue weighted by atomic mass is 9.93. The van der Waals surface area contributed by atoms with Gasteiger partial charge in [-0.1, -0.05) is 20.3 Å². The molecule has 5 nitrogen and oxygen atoms in total. The number of hydrogen-bond acceptors (Lipinski definition) is 2. The maximum absolute atomic E-state index is 4.43. The third-order valence-corrected chi connectivity index (χ3v) is 4.15. The van der Waals surface area contributed by atoms with Crippen molar-refractivity contribution in [1.82, 2.24) is 19.8 Å². The summed E-state index contributed by atoms with van der Waals surface area (Å²) in [7, 11) is 1.87. The molecular formula is C15H28IN5. The zero-order valence-corrected chi connectivity index (χ0v) is 15.7. The Balaban J connectivity index is 0.00000220. The second kappa shape index (κ2) is 9.27. The normalized spacial score (nSPS) is 22.8. The van der Waals surface area contributed by atoms with Crippen LogP contribution in [0.15, 0.2) is 23.7 Å². The van der Waals surface area contributed by atoms with Gasteiger partial charge in [0.15, 0.2) is 5.96 Å². The molecule has 2 heterocycles. The molecule has 2 unspecified atom stereocenters. The highest BCUT2D eigenvalue weighted by Crippen LogP contribution is 2.27. The quantitative estimate of drug-likeness (QED) is 0.363. The van der Waals surface area contributed by atoms with Gasteiger partial charge >= 0.3 is 0 Å². The summed E-state index contributed by atoms with van der Waals surface area (Å²) in [4.78, 5) is 11.0. The molecule has 1 aliphatic heterocycles. The van der Waals surface area contributed by atoms with Gasteiger partial charge in [-0.25, -0.2) is 4.98 Å². The number of aliphatic imine (C=N–C) groups is 1. The highest BCUT2D eigenvalue weighted by Gasteiger charge is 2.28. The van der Waals surface area contributed by atoms with Crippen molar-refractivity contribution >= 4 is 29.9 Å². The summed E-state index contributed by atoms with van der Waals surface area (Å²) in [6, 6.07) is 0.482. The second-order valence-corrected chi connectivity index (χ2v) is 5.62. The first kappa shape index (κ1) is 18.3. The maximum Gasteiger partial charge on any atom is 0.193 e. The number of nitrogens with one attached hydrogen (secondary N) is 1. The van der Waals surface area contributed by atoms with E-state index in [2.05, 4.69) is 44.8 Å². The van der Waals surface area contributed by atoms with Crippen molar-refractivity contribution in [3.05, 3.63) is 18.7 Å². The maximum atomic E-state index is 4.43. The van der Waals surface area contributed by atoms with Gasteiger partial charge in [0.25, 0.3) is 0 Å². The minimum absolute atomic E-state index is 0. The molecule has 0 saturated carbocycles. The molecular weight excluding hydrogens is 377 g/mol. The Morgan fingerprint density at radius 2 is 2.29 bits per heavy atom. The lowest BCUT2D eigenvalue weighted by molar-refractivity contribution is 0.189. The van der Waals surface area contributed by atoms with Crippen LogP contribution in [-0.2, 0) is 0 Å². The van der Waals surface area contributed by atoms with Crippen LogP contribution < -0.4 is 5.32 Å². The van der Waals surface area contributed by atoms with E-state index >= 15 is 0 Å². The number of nitrogens with zero attached hydrogens (tertiary/aromatic N) is 4. The van der Waals surface area contributed by atoms with E-state index in [9.17, 15) is 0 Å². The minimum atomic E-state index is 0. The van der Waals surface area contributed by atoms with Gasteiger partial charge in [0, 0.05) is 39.1 Å². The molecule has 0 radical (unpaired) electrons. The Morgan fingerprint density at radius 3 is 2.90 bits per heavy atom. The summed E-state index contributed by atoms with van der Waals surface area (Å²) in [6.07, 6.45) is 9.44. The van der Waals surface area contributed by atoms with Crippen LogP contribution >= 0.6 is 24.0 Å². The number of likely N-dealkylation sites (tertiary alicyclic amines) is 1. The minimum Gasteiger partial charge on any atom is -0.356 e. The molecule has 120 valence electrons. The van der Waals surface area contributed by atoms with E-state index in [4.69, 9.17) is 0 Å². The number of imidazole rings is 1. The van der Waals surface area contributed by atoms with Crippen molar-refractivity contribution in [3.8, 4) is 0 Å².